The van der Waals surface area contributed by atoms with Crippen LogP contribution in [0, 0.1) is 5.41 Å². The van der Waals surface area contributed by atoms with Crippen LogP contribution in [0.15, 0.2) is 36.0 Å². The first-order chi connectivity index (χ1) is 10.3. The Balaban J connectivity index is 2.62. The lowest BCUT2D eigenvalue weighted by Crippen LogP contribution is -2.25. The van der Waals surface area contributed by atoms with Gasteiger partial charge in [0.2, 0.25) is 0 Å². The van der Waals surface area contributed by atoms with Crippen LogP contribution < -0.4 is 15.5 Å². The summed E-state index contributed by atoms with van der Waals surface area (Å²) in [6.45, 7) is 14.6. The van der Waals surface area contributed by atoms with Gasteiger partial charge in [0.05, 0.1) is 0 Å². The second-order valence-electron chi connectivity index (χ2n) is 6.39. The molecule has 0 fully saturated rings. The molecular formula is C18H29N3O. The van der Waals surface area contributed by atoms with Crippen LogP contribution >= 0.6 is 0 Å². The van der Waals surface area contributed by atoms with Gasteiger partial charge in [0.1, 0.15) is 0 Å². The molecule has 0 aliphatic rings. The first-order valence-electron chi connectivity index (χ1n) is 7.87. The zero-order valence-corrected chi connectivity index (χ0v) is 14.7. The van der Waals surface area contributed by atoms with E-state index in [4.69, 9.17) is 0 Å². The third-order valence-corrected chi connectivity index (χ3v) is 3.86. The van der Waals surface area contributed by atoms with Crippen molar-refractivity contribution in [3.05, 3.63) is 36.0 Å². The van der Waals surface area contributed by atoms with Crippen molar-refractivity contribution in [2.45, 2.75) is 41.5 Å². The van der Waals surface area contributed by atoms with Gasteiger partial charge in [-0.25, -0.2) is 4.79 Å². The number of urea groups is 1. The second-order valence-corrected chi connectivity index (χ2v) is 6.39. The van der Waals surface area contributed by atoms with Gasteiger partial charge in [0.15, 0.2) is 0 Å². The SMILES string of the molecule is CCN(CC)c1ccc(NC(=O)N/C=C(\C)C(C)(C)C)cc1. The zero-order valence-electron chi connectivity index (χ0n) is 14.7. The standard InChI is InChI=1S/C18H29N3O/c1-7-21(8-2)16-11-9-15(10-12-16)20-17(22)19-13-14(3)18(4,5)6/h9-13H,7-8H2,1-6H3,(H2,19,20,22)/b14-13+. The summed E-state index contributed by atoms with van der Waals surface area (Å²) in [5.74, 6) is 0. The molecule has 2 N–H and O–H groups in total. The molecule has 1 rings (SSSR count). The van der Waals surface area contributed by atoms with E-state index in [2.05, 4.69) is 50.2 Å². The van der Waals surface area contributed by atoms with Gasteiger partial charge >= 0.3 is 6.03 Å². The number of nitrogens with zero attached hydrogens (tertiary/aromatic N) is 1. The molecule has 2 amide bonds. The van der Waals surface area contributed by atoms with Crippen LogP contribution in [0.2, 0.25) is 0 Å². The van der Waals surface area contributed by atoms with E-state index >= 15 is 0 Å². The fourth-order valence-corrected chi connectivity index (χ4v) is 1.90. The van der Waals surface area contributed by atoms with Crippen LogP contribution in [-0.4, -0.2) is 19.1 Å². The van der Waals surface area contributed by atoms with E-state index in [0.29, 0.717) is 0 Å². The first kappa shape index (κ1) is 18.1. The fourth-order valence-electron chi connectivity index (χ4n) is 1.90. The van der Waals surface area contributed by atoms with Crippen molar-refractivity contribution < 1.29 is 4.79 Å². The number of carbonyl (C=O) groups is 1. The third-order valence-electron chi connectivity index (χ3n) is 3.86. The molecule has 0 atom stereocenters. The Kier molecular flexibility index (Phi) is 6.47. The summed E-state index contributed by atoms with van der Waals surface area (Å²) < 4.78 is 0. The molecule has 0 radical (unpaired) electrons. The maximum absolute atomic E-state index is 11.9. The summed E-state index contributed by atoms with van der Waals surface area (Å²) in [4.78, 5) is 14.2. The van der Waals surface area contributed by atoms with E-state index in [1.807, 2.05) is 31.2 Å². The molecule has 122 valence electrons. The Morgan fingerprint density at radius 3 is 2.14 bits per heavy atom. The maximum Gasteiger partial charge on any atom is 0.323 e. The number of amides is 2. The molecule has 1 aromatic rings. The number of rotatable bonds is 5. The zero-order chi connectivity index (χ0) is 16.8. The predicted octanol–water partition coefficient (Wildman–Crippen LogP) is 4.60. The fraction of sp³-hybridized carbons (Fsp3) is 0.500. The van der Waals surface area contributed by atoms with Crippen molar-refractivity contribution in [3.8, 4) is 0 Å². The number of hydrogen-bond acceptors (Lipinski definition) is 2. The molecule has 0 saturated heterocycles. The van der Waals surface area contributed by atoms with Crippen molar-refractivity contribution in [2.24, 2.45) is 5.41 Å². The lowest BCUT2D eigenvalue weighted by atomic mass is 9.88. The lowest BCUT2D eigenvalue weighted by Gasteiger charge is -2.21. The summed E-state index contributed by atoms with van der Waals surface area (Å²) >= 11 is 0. The van der Waals surface area contributed by atoms with Crippen LogP contribution in [0.3, 0.4) is 0 Å². The van der Waals surface area contributed by atoms with E-state index in [1.165, 1.54) is 5.69 Å². The molecule has 0 aromatic heterocycles. The Morgan fingerprint density at radius 2 is 1.68 bits per heavy atom. The average molecular weight is 303 g/mol. The highest BCUT2D eigenvalue weighted by Crippen LogP contribution is 2.23. The van der Waals surface area contributed by atoms with Crippen LogP contribution in [0.1, 0.15) is 41.5 Å². The maximum atomic E-state index is 11.9. The minimum absolute atomic E-state index is 0.0543. The summed E-state index contributed by atoms with van der Waals surface area (Å²) in [7, 11) is 0. The molecule has 1 aromatic carbocycles. The molecule has 0 spiro atoms. The van der Waals surface area contributed by atoms with E-state index < -0.39 is 0 Å². The molecule has 0 unspecified atom stereocenters. The number of benzene rings is 1. The van der Waals surface area contributed by atoms with Gasteiger partial charge in [0.25, 0.3) is 0 Å². The number of nitrogens with one attached hydrogen (secondary N) is 2. The monoisotopic (exact) mass is 303 g/mol. The molecular weight excluding hydrogens is 274 g/mol. The van der Waals surface area contributed by atoms with Gasteiger partial charge in [-0.15, -0.1) is 0 Å². The van der Waals surface area contributed by atoms with Crippen LogP contribution in [0.4, 0.5) is 16.2 Å². The van der Waals surface area contributed by atoms with Crippen molar-refractivity contribution in [2.75, 3.05) is 23.3 Å². The molecule has 4 heteroatoms. The Labute approximate surface area is 134 Å². The molecule has 0 aliphatic heterocycles. The normalized spacial score (nSPS) is 12.0. The molecule has 0 saturated carbocycles. The highest BCUT2D eigenvalue weighted by atomic mass is 16.2. The number of anilines is 2. The van der Waals surface area contributed by atoms with Crippen molar-refractivity contribution >= 4 is 17.4 Å². The summed E-state index contributed by atoms with van der Waals surface area (Å²) in [5, 5.41) is 5.61. The minimum atomic E-state index is -0.223. The van der Waals surface area contributed by atoms with Crippen LogP contribution in [0.25, 0.3) is 0 Å². The van der Waals surface area contributed by atoms with Gasteiger partial charge in [0, 0.05) is 30.7 Å². The van der Waals surface area contributed by atoms with Gasteiger partial charge in [-0.3, -0.25) is 0 Å². The third kappa shape index (κ3) is 5.43. The molecule has 0 heterocycles. The van der Waals surface area contributed by atoms with E-state index in [0.717, 1.165) is 24.4 Å². The predicted molar refractivity (Wildman–Crippen MR) is 95.4 cm³/mol. The summed E-state index contributed by atoms with van der Waals surface area (Å²) in [5.41, 5.74) is 3.13. The number of carbonyl (C=O) groups excluding carboxylic acids is 1. The second kappa shape index (κ2) is 7.87. The van der Waals surface area contributed by atoms with E-state index in [-0.39, 0.29) is 11.4 Å². The van der Waals surface area contributed by atoms with Gasteiger partial charge in [-0.2, -0.15) is 0 Å². The lowest BCUT2D eigenvalue weighted by molar-refractivity contribution is 0.255. The largest absolute Gasteiger partial charge is 0.372 e. The Morgan fingerprint density at radius 1 is 1.14 bits per heavy atom. The van der Waals surface area contributed by atoms with E-state index in [9.17, 15) is 4.79 Å². The van der Waals surface area contributed by atoms with Crippen LogP contribution in [-0.2, 0) is 0 Å². The Hall–Kier alpha value is -1.97. The van der Waals surface area contributed by atoms with Crippen molar-refractivity contribution in [1.82, 2.24) is 5.32 Å². The summed E-state index contributed by atoms with van der Waals surface area (Å²) in [6.07, 6.45) is 1.76. The topological polar surface area (TPSA) is 44.4 Å². The highest BCUT2D eigenvalue weighted by Gasteiger charge is 2.12. The van der Waals surface area contributed by atoms with Gasteiger partial charge < -0.3 is 15.5 Å². The van der Waals surface area contributed by atoms with Gasteiger partial charge in [-0.05, 0) is 50.5 Å². The quantitative estimate of drug-likeness (QED) is 0.834. The first-order valence-corrected chi connectivity index (χ1v) is 7.87. The minimum Gasteiger partial charge on any atom is -0.372 e. The van der Waals surface area contributed by atoms with Gasteiger partial charge in [-0.1, -0.05) is 26.3 Å². The summed E-state index contributed by atoms with van der Waals surface area (Å²) in [6, 6.07) is 7.68. The van der Waals surface area contributed by atoms with Crippen molar-refractivity contribution in [3.63, 3.8) is 0 Å². The number of allylic oxidation sites excluding steroid dienone is 1. The molecule has 0 aliphatic carbocycles. The van der Waals surface area contributed by atoms with Crippen molar-refractivity contribution in [1.29, 1.82) is 0 Å². The average Bonchev–Trinajstić information content (AvgIpc) is 2.46. The molecule has 4 nitrogen and oxygen atoms in total. The molecule has 0 bridgehead atoms. The molecule has 22 heavy (non-hydrogen) atoms. The number of hydrogen-bond donors (Lipinski definition) is 2. The smallest absolute Gasteiger partial charge is 0.323 e. The van der Waals surface area contributed by atoms with E-state index in [1.54, 1.807) is 6.20 Å². The van der Waals surface area contributed by atoms with Crippen LogP contribution in [0.5, 0.6) is 0 Å². The highest BCUT2D eigenvalue weighted by molar-refractivity contribution is 5.90. The Bertz CT molecular complexity index is 508.